The monoisotopic (exact) mass is 267 g/mol. The van der Waals surface area contributed by atoms with E-state index >= 15 is 0 Å². The van der Waals surface area contributed by atoms with Crippen molar-refractivity contribution in [3.63, 3.8) is 0 Å². The van der Waals surface area contributed by atoms with E-state index in [1.54, 1.807) is 0 Å². The lowest BCUT2D eigenvalue weighted by Crippen LogP contribution is -1.87. The zero-order valence-corrected chi connectivity index (χ0v) is 11.6. The molecule has 0 aliphatic carbocycles. The number of aromatic nitrogens is 1. The van der Waals surface area contributed by atoms with Gasteiger partial charge >= 0.3 is 0 Å². The van der Waals surface area contributed by atoms with Crippen LogP contribution in [0.3, 0.4) is 0 Å². The van der Waals surface area contributed by atoms with Gasteiger partial charge in [-0.05, 0) is 42.4 Å². The Bertz CT molecular complexity index is 642. The molecule has 1 N–H and O–H groups in total. The summed E-state index contributed by atoms with van der Waals surface area (Å²) in [5.41, 5.74) is 2.66. The first-order chi connectivity index (χ1) is 9.43. The maximum absolute atomic E-state index is 3.26. The minimum absolute atomic E-state index is 1.16. The molecule has 3 rings (SSSR count). The van der Waals surface area contributed by atoms with Crippen molar-refractivity contribution in [2.75, 3.05) is 5.75 Å². The second-order valence-electron chi connectivity index (χ2n) is 4.63. The minimum Gasteiger partial charge on any atom is -0.361 e. The molecule has 2 heteroatoms. The van der Waals surface area contributed by atoms with E-state index in [9.17, 15) is 0 Å². The predicted octanol–water partition coefficient (Wildman–Crippen LogP) is 4.89. The molecule has 1 aromatic heterocycles. The van der Waals surface area contributed by atoms with Crippen molar-refractivity contribution < 1.29 is 0 Å². The van der Waals surface area contributed by atoms with E-state index in [2.05, 4.69) is 59.6 Å². The molecule has 1 nitrogen and oxygen atoms in total. The number of fused-ring (bicyclic) bond motifs is 1. The summed E-state index contributed by atoms with van der Waals surface area (Å²) in [5.74, 6) is 1.17. The first kappa shape index (κ1) is 12.4. The van der Waals surface area contributed by atoms with Crippen molar-refractivity contribution in [3.8, 4) is 0 Å². The lowest BCUT2D eigenvalue weighted by atomic mass is 10.1. The van der Waals surface area contributed by atoms with Gasteiger partial charge in [0, 0.05) is 22.0 Å². The molecular weight excluding hydrogens is 250 g/mol. The number of aryl methyl sites for hydroxylation is 1. The number of benzene rings is 2. The highest BCUT2D eigenvalue weighted by Crippen LogP contribution is 2.27. The van der Waals surface area contributed by atoms with Crippen molar-refractivity contribution in [2.45, 2.75) is 17.7 Å². The number of H-pyrrole nitrogens is 1. The molecule has 0 aliphatic rings. The molecule has 1 heterocycles. The lowest BCUT2D eigenvalue weighted by molar-refractivity contribution is 0.933. The highest BCUT2D eigenvalue weighted by molar-refractivity contribution is 7.99. The van der Waals surface area contributed by atoms with E-state index in [4.69, 9.17) is 0 Å². The Morgan fingerprint density at radius 2 is 1.79 bits per heavy atom. The van der Waals surface area contributed by atoms with Crippen LogP contribution < -0.4 is 0 Å². The van der Waals surface area contributed by atoms with Gasteiger partial charge in [0.2, 0.25) is 0 Å². The van der Waals surface area contributed by atoms with Crippen LogP contribution in [0, 0.1) is 0 Å². The van der Waals surface area contributed by atoms with Gasteiger partial charge < -0.3 is 4.98 Å². The third-order valence-corrected chi connectivity index (χ3v) is 4.42. The fourth-order valence-electron chi connectivity index (χ4n) is 2.29. The van der Waals surface area contributed by atoms with Crippen LogP contribution in [-0.2, 0) is 6.42 Å². The van der Waals surface area contributed by atoms with Gasteiger partial charge in [-0.15, -0.1) is 11.8 Å². The molecular formula is C17H17NS. The summed E-state index contributed by atoms with van der Waals surface area (Å²) in [7, 11) is 0. The van der Waals surface area contributed by atoms with E-state index in [-0.39, 0.29) is 0 Å². The fourth-order valence-corrected chi connectivity index (χ4v) is 3.30. The standard InChI is InChI=1S/C17H17NS/c1-2-6-14(7-3-1)8-5-13-19-17-10-4-9-16-15(17)11-12-18-16/h1-4,6-7,9-12,18H,5,8,13H2. The van der Waals surface area contributed by atoms with Gasteiger partial charge in [0.1, 0.15) is 0 Å². The van der Waals surface area contributed by atoms with Crippen LogP contribution in [-0.4, -0.2) is 10.7 Å². The number of thioether (sulfide) groups is 1. The summed E-state index contributed by atoms with van der Waals surface area (Å²) < 4.78 is 0. The molecule has 0 fully saturated rings. The number of hydrogen-bond donors (Lipinski definition) is 1. The molecule has 0 saturated heterocycles. The van der Waals surface area contributed by atoms with E-state index < -0.39 is 0 Å². The summed E-state index contributed by atoms with van der Waals surface area (Å²) in [6.07, 6.45) is 4.39. The van der Waals surface area contributed by atoms with Gasteiger partial charge in [0.15, 0.2) is 0 Å². The quantitative estimate of drug-likeness (QED) is 0.514. The number of rotatable bonds is 5. The van der Waals surface area contributed by atoms with Crippen LogP contribution in [0.25, 0.3) is 10.9 Å². The van der Waals surface area contributed by atoms with Crippen LogP contribution in [0.2, 0.25) is 0 Å². The highest BCUT2D eigenvalue weighted by Gasteiger charge is 2.01. The molecule has 19 heavy (non-hydrogen) atoms. The van der Waals surface area contributed by atoms with Crippen molar-refractivity contribution in [3.05, 3.63) is 66.4 Å². The normalized spacial score (nSPS) is 10.9. The fraction of sp³-hybridized carbons (Fsp3) is 0.176. The molecule has 0 unspecified atom stereocenters. The Labute approximate surface area is 118 Å². The van der Waals surface area contributed by atoms with Gasteiger partial charge in [0.05, 0.1) is 0 Å². The average molecular weight is 267 g/mol. The van der Waals surface area contributed by atoms with Crippen molar-refractivity contribution in [2.24, 2.45) is 0 Å². The van der Waals surface area contributed by atoms with E-state index in [1.165, 1.54) is 33.5 Å². The van der Waals surface area contributed by atoms with Crippen LogP contribution >= 0.6 is 11.8 Å². The van der Waals surface area contributed by atoms with Crippen molar-refractivity contribution in [1.29, 1.82) is 0 Å². The van der Waals surface area contributed by atoms with Crippen LogP contribution in [0.4, 0.5) is 0 Å². The Morgan fingerprint density at radius 3 is 2.68 bits per heavy atom. The van der Waals surface area contributed by atoms with E-state index in [0.717, 1.165) is 6.42 Å². The SMILES string of the molecule is c1ccc(CCCSc2cccc3[nH]ccc23)cc1. The topological polar surface area (TPSA) is 15.8 Å². The van der Waals surface area contributed by atoms with Crippen molar-refractivity contribution >= 4 is 22.7 Å². The third kappa shape index (κ3) is 3.02. The Balaban J connectivity index is 1.57. The first-order valence-corrected chi connectivity index (χ1v) is 7.65. The molecule has 0 aliphatic heterocycles. The van der Waals surface area contributed by atoms with Crippen LogP contribution in [0.15, 0.2) is 65.7 Å². The second-order valence-corrected chi connectivity index (χ2v) is 5.77. The number of hydrogen-bond acceptors (Lipinski definition) is 1. The average Bonchev–Trinajstić information content (AvgIpc) is 2.94. The minimum atomic E-state index is 1.16. The molecule has 0 amide bonds. The molecule has 96 valence electrons. The smallest absolute Gasteiger partial charge is 0.0465 e. The van der Waals surface area contributed by atoms with Gasteiger partial charge in [-0.2, -0.15) is 0 Å². The van der Waals surface area contributed by atoms with Gasteiger partial charge in [0.25, 0.3) is 0 Å². The van der Waals surface area contributed by atoms with E-state index in [1.807, 2.05) is 18.0 Å². The predicted molar refractivity (Wildman–Crippen MR) is 83.8 cm³/mol. The van der Waals surface area contributed by atoms with Crippen LogP contribution in [0.1, 0.15) is 12.0 Å². The molecule has 0 spiro atoms. The second kappa shape index (κ2) is 5.98. The van der Waals surface area contributed by atoms with Gasteiger partial charge in [-0.1, -0.05) is 36.4 Å². The maximum Gasteiger partial charge on any atom is 0.0465 e. The lowest BCUT2D eigenvalue weighted by Gasteiger charge is -2.04. The van der Waals surface area contributed by atoms with Gasteiger partial charge in [-0.25, -0.2) is 0 Å². The molecule has 2 aromatic carbocycles. The third-order valence-electron chi connectivity index (χ3n) is 3.27. The Morgan fingerprint density at radius 1 is 0.895 bits per heavy atom. The summed E-state index contributed by atoms with van der Waals surface area (Å²) in [4.78, 5) is 4.64. The molecule has 0 saturated carbocycles. The Hall–Kier alpha value is -1.67. The zero-order chi connectivity index (χ0) is 12.9. The van der Waals surface area contributed by atoms with Gasteiger partial charge in [-0.3, -0.25) is 0 Å². The molecule has 0 radical (unpaired) electrons. The van der Waals surface area contributed by atoms with E-state index in [0.29, 0.717) is 0 Å². The summed E-state index contributed by atoms with van der Waals surface area (Å²) in [6.45, 7) is 0. The van der Waals surface area contributed by atoms with Crippen LogP contribution in [0.5, 0.6) is 0 Å². The molecule has 3 aromatic rings. The highest BCUT2D eigenvalue weighted by atomic mass is 32.2. The maximum atomic E-state index is 3.26. The summed E-state index contributed by atoms with van der Waals surface area (Å²) in [5, 5.41) is 1.34. The zero-order valence-electron chi connectivity index (χ0n) is 10.8. The largest absolute Gasteiger partial charge is 0.361 e. The Kier molecular flexibility index (Phi) is 3.89. The molecule has 0 atom stereocenters. The summed E-state index contributed by atoms with van der Waals surface area (Å²) >= 11 is 1.95. The van der Waals surface area contributed by atoms with Crippen molar-refractivity contribution in [1.82, 2.24) is 4.98 Å². The molecule has 0 bridgehead atoms. The first-order valence-electron chi connectivity index (χ1n) is 6.66. The summed E-state index contributed by atoms with van der Waals surface area (Å²) in [6, 6.07) is 19.3. The number of nitrogens with one attached hydrogen (secondary N) is 1. The number of aromatic amines is 1.